The van der Waals surface area contributed by atoms with Crippen LogP contribution in [-0.2, 0) is 32.4 Å². The van der Waals surface area contributed by atoms with E-state index in [4.69, 9.17) is 9.47 Å². The summed E-state index contributed by atoms with van der Waals surface area (Å²) in [7, 11) is -3.49. The number of carbonyl (C=O) groups is 2. The van der Waals surface area contributed by atoms with Crippen molar-refractivity contribution in [3.63, 3.8) is 0 Å². The van der Waals surface area contributed by atoms with Gasteiger partial charge in [0, 0.05) is 12.1 Å². The minimum atomic E-state index is -3.49. The molecule has 176 valence electrons. The highest BCUT2D eigenvalue weighted by Gasteiger charge is 2.38. The van der Waals surface area contributed by atoms with E-state index in [1.165, 1.54) is 12.1 Å². The maximum atomic E-state index is 12.9. The first-order valence-corrected chi connectivity index (χ1v) is 12.6. The summed E-state index contributed by atoms with van der Waals surface area (Å²) >= 11 is 0. The van der Waals surface area contributed by atoms with Crippen molar-refractivity contribution in [3.05, 3.63) is 90.0 Å². The van der Waals surface area contributed by atoms with Crippen molar-refractivity contribution in [2.24, 2.45) is 0 Å². The van der Waals surface area contributed by atoms with E-state index < -0.39 is 27.1 Å². The van der Waals surface area contributed by atoms with Crippen molar-refractivity contribution in [1.82, 2.24) is 0 Å². The average Bonchev–Trinajstić information content (AvgIpc) is 3.69. The number of carbonyl (C=O) groups excluding carboxylic acids is 2. The van der Waals surface area contributed by atoms with Crippen LogP contribution in [0.5, 0.6) is 5.75 Å². The Morgan fingerprint density at radius 2 is 1.59 bits per heavy atom. The summed E-state index contributed by atoms with van der Waals surface area (Å²) in [4.78, 5) is 24.7. The lowest BCUT2D eigenvalue weighted by molar-refractivity contribution is -0.144. The van der Waals surface area contributed by atoms with Gasteiger partial charge in [-0.25, -0.2) is 13.2 Å². The normalized spacial score (nSPS) is 13.2. The van der Waals surface area contributed by atoms with Crippen LogP contribution in [-0.4, -0.2) is 25.7 Å². The zero-order valence-corrected chi connectivity index (χ0v) is 19.3. The van der Waals surface area contributed by atoms with E-state index in [0.717, 1.165) is 5.56 Å². The van der Waals surface area contributed by atoms with E-state index in [1.807, 2.05) is 30.3 Å². The molecule has 1 saturated carbocycles. The fourth-order valence-corrected chi connectivity index (χ4v) is 5.37. The van der Waals surface area contributed by atoms with E-state index in [9.17, 15) is 18.0 Å². The van der Waals surface area contributed by atoms with Crippen LogP contribution < -0.4 is 10.1 Å². The molecule has 3 aromatic carbocycles. The van der Waals surface area contributed by atoms with Crippen molar-refractivity contribution < 1.29 is 27.5 Å². The van der Waals surface area contributed by atoms with Crippen LogP contribution >= 0.6 is 0 Å². The average molecular weight is 480 g/mol. The van der Waals surface area contributed by atoms with E-state index in [2.05, 4.69) is 5.32 Å². The third kappa shape index (κ3) is 6.23. The van der Waals surface area contributed by atoms with Gasteiger partial charge in [-0.3, -0.25) is 10.1 Å². The predicted molar refractivity (Wildman–Crippen MR) is 127 cm³/mol. The fraction of sp³-hybridized carbons (Fsp3) is 0.231. The van der Waals surface area contributed by atoms with Gasteiger partial charge in [0.15, 0.2) is 9.84 Å². The van der Waals surface area contributed by atoms with Crippen LogP contribution in [0.2, 0.25) is 0 Å². The Kier molecular flexibility index (Phi) is 7.27. The van der Waals surface area contributed by atoms with Crippen LogP contribution in [0.25, 0.3) is 0 Å². The van der Waals surface area contributed by atoms with Crippen LogP contribution in [0.4, 0.5) is 10.5 Å². The summed E-state index contributed by atoms with van der Waals surface area (Å²) < 4.78 is 36.4. The number of hydrogen-bond donors (Lipinski definition) is 1. The molecule has 7 nitrogen and oxygen atoms in total. The fourth-order valence-electron chi connectivity index (χ4n) is 3.47. The lowest BCUT2D eigenvalue weighted by Crippen LogP contribution is -2.18. The molecular formula is C26H25NO6S. The summed E-state index contributed by atoms with van der Waals surface area (Å²) in [6.45, 7) is 0.153. The minimum Gasteiger partial charge on any atom is -0.461 e. The standard InChI is InChI=1S/C26H25NO6S/c28-25(32-18-19-7-3-1-4-8-19)16-11-20-17-21(12-15-24(20)34(30,31)23-13-14-23)27-26(29)33-22-9-5-2-6-10-22/h1-10,12,15,17,23H,11,13-14,16,18H2,(H,27,29). The molecule has 3 aromatic rings. The quantitative estimate of drug-likeness (QED) is 0.438. The number of nitrogens with one attached hydrogen (secondary N) is 1. The van der Waals surface area contributed by atoms with Gasteiger partial charge in [0.05, 0.1) is 10.1 Å². The molecule has 0 spiro atoms. The predicted octanol–water partition coefficient (Wildman–Crippen LogP) is 4.91. The molecule has 0 atom stereocenters. The van der Waals surface area contributed by atoms with Crippen LogP contribution in [0, 0.1) is 0 Å². The number of hydrogen-bond acceptors (Lipinski definition) is 6. The smallest absolute Gasteiger partial charge is 0.417 e. The largest absolute Gasteiger partial charge is 0.461 e. The number of aryl methyl sites for hydroxylation is 1. The van der Waals surface area contributed by atoms with Gasteiger partial charge < -0.3 is 9.47 Å². The molecule has 1 aliphatic carbocycles. The molecule has 0 heterocycles. The Labute approximate surface area is 198 Å². The first kappa shape index (κ1) is 23.5. The Morgan fingerprint density at radius 1 is 0.912 bits per heavy atom. The third-order valence-electron chi connectivity index (χ3n) is 5.37. The first-order valence-electron chi connectivity index (χ1n) is 11.0. The maximum Gasteiger partial charge on any atom is 0.417 e. The second-order valence-corrected chi connectivity index (χ2v) is 10.2. The summed E-state index contributed by atoms with van der Waals surface area (Å²) in [5, 5.41) is 2.23. The van der Waals surface area contributed by atoms with Gasteiger partial charge in [-0.05, 0) is 60.7 Å². The highest BCUT2D eigenvalue weighted by molar-refractivity contribution is 7.92. The van der Waals surface area contributed by atoms with Gasteiger partial charge in [-0.1, -0.05) is 48.5 Å². The molecule has 34 heavy (non-hydrogen) atoms. The minimum absolute atomic E-state index is 0.0118. The summed E-state index contributed by atoms with van der Waals surface area (Å²) in [5.74, 6) is -0.0465. The Bertz CT molecular complexity index is 1250. The van der Waals surface area contributed by atoms with Crippen molar-refractivity contribution in [2.75, 3.05) is 5.32 Å². The molecule has 1 N–H and O–H groups in total. The van der Waals surface area contributed by atoms with Gasteiger partial charge in [-0.2, -0.15) is 0 Å². The number of benzene rings is 3. The number of ether oxygens (including phenoxy) is 2. The molecule has 0 bridgehead atoms. The molecule has 1 fully saturated rings. The summed E-state index contributed by atoms with van der Waals surface area (Å²) in [6, 6.07) is 22.5. The van der Waals surface area contributed by atoms with Crippen molar-refractivity contribution in [1.29, 1.82) is 0 Å². The molecular weight excluding hydrogens is 454 g/mol. The van der Waals surface area contributed by atoms with E-state index in [1.54, 1.807) is 36.4 Å². The SMILES string of the molecule is O=C(CCc1cc(NC(=O)Oc2ccccc2)ccc1S(=O)(=O)C1CC1)OCc1ccccc1. The molecule has 8 heteroatoms. The molecule has 0 aliphatic heterocycles. The number of anilines is 1. The summed E-state index contributed by atoms with van der Waals surface area (Å²) in [5.41, 5.74) is 1.71. The van der Waals surface area contributed by atoms with Crippen LogP contribution in [0.15, 0.2) is 83.8 Å². The topological polar surface area (TPSA) is 98.8 Å². The number of amides is 1. The molecule has 4 rings (SSSR count). The van der Waals surface area contributed by atoms with Crippen LogP contribution in [0.1, 0.15) is 30.4 Å². The number of para-hydroxylation sites is 1. The number of esters is 1. The van der Waals surface area contributed by atoms with Crippen molar-refractivity contribution in [3.8, 4) is 5.75 Å². The maximum absolute atomic E-state index is 12.9. The van der Waals surface area contributed by atoms with Gasteiger partial charge in [0.25, 0.3) is 0 Å². The zero-order chi connectivity index (χ0) is 24.0. The Balaban J connectivity index is 1.45. The lowest BCUT2D eigenvalue weighted by Gasteiger charge is -2.13. The molecule has 1 amide bonds. The highest BCUT2D eigenvalue weighted by Crippen LogP contribution is 2.36. The molecule has 0 unspecified atom stereocenters. The second kappa shape index (κ2) is 10.5. The highest BCUT2D eigenvalue weighted by atomic mass is 32.2. The second-order valence-electron chi connectivity index (χ2n) is 8.04. The van der Waals surface area contributed by atoms with Gasteiger partial charge >= 0.3 is 12.1 Å². The lowest BCUT2D eigenvalue weighted by atomic mass is 10.1. The van der Waals surface area contributed by atoms with Crippen LogP contribution in [0.3, 0.4) is 0 Å². The summed E-state index contributed by atoms with van der Waals surface area (Å²) in [6.07, 6.45) is 0.738. The van der Waals surface area contributed by atoms with E-state index >= 15 is 0 Å². The third-order valence-corrected chi connectivity index (χ3v) is 7.73. The van der Waals surface area contributed by atoms with Gasteiger partial charge in [0.2, 0.25) is 0 Å². The molecule has 1 aliphatic rings. The van der Waals surface area contributed by atoms with Gasteiger partial charge in [-0.15, -0.1) is 0 Å². The van der Waals surface area contributed by atoms with E-state index in [-0.39, 0.29) is 24.3 Å². The number of rotatable bonds is 9. The first-order chi connectivity index (χ1) is 16.4. The zero-order valence-electron chi connectivity index (χ0n) is 18.5. The Morgan fingerprint density at radius 3 is 2.26 bits per heavy atom. The molecule has 0 radical (unpaired) electrons. The molecule has 0 aromatic heterocycles. The molecule has 0 saturated heterocycles. The Hall–Kier alpha value is -3.65. The van der Waals surface area contributed by atoms with Crippen molar-refractivity contribution >= 4 is 27.6 Å². The van der Waals surface area contributed by atoms with E-state index in [0.29, 0.717) is 29.8 Å². The van der Waals surface area contributed by atoms with Crippen molar-refractivity contribution in [2.45, 2.75) is 42.4 Å². The monoisotopic (exact) mass is 479 g/mol. The van der Waals surface area contributed by atoms with Gasteiger partial charge in [0.1, 0.15) is 12.4 Å². The number of sulfone groups is 1.